The molecule has 2 aromatic carbocycles. The highest BCUT2D eigenvalue weighted by Gasteiger charge is 2.73. The summed E-state index contributed by atoms with van der Waals surface area (Å²) < 4.78 is 12.3. The van der Waals surface area contributed by atoms with Crippen molar-refractivity contribution < 1.29 is 19.7 Å². The molecule has 1 aromatic heterocycles. The van der Waals surface area contributed by atoms with Gasteiger partial charge in [-0.25, -0.2) is 0 Å². The molecule has 3 unspecified atom stereocenters. The highest BCUT2D eigenvalue weighted by atomic mass is 16.5. The first-order chi connectivity index (χ1) is 15.1. The minimum Gasteiger partial charge on any atom is -0.495 e. The van der Waals surface area contributed by atoms with Crippen LogP contribution in [0.3, 0.4) is 0 Å². The molecule has 0 amide bonds. The second-order valence-electron chi connectivity index (χ2n) is 8.30. The number of ether oxygens (including phenoxy) is 2. The van der Waals surface area contributed by atoms with E-state index in [1.54, 1.807) is 19.5 Å². The van der Waals surface area contributed by atoms with Gasteiger partial charge in [-0.05, 0) is 23.1 Å². The summed E-state index contributed by atoms with van der Waals surface area (Å²) in [5, 5.41) is 22.9. The monoisotopic (exact) mass is 418 g/mol. The van der Waals surface area contributed by atoms with Gasteiger partial charge in [0.05, 0.1) is 25.1 Å². The number of hydrogen-bond donors (Lipinski definition) is 3. The lowest BCUT2D eigenvalue weighted by atomic mass is 9.70. The molecule has 2 heterocycles. The Bertz CT molecular complexity index is 1090. The van der Waals surface area contributed by atoms with Gasteiger partial charge in [-0.3, -0.25) is 4.98 Å². The van der Waals surface area contributed by atoms with Crippen molar-refractivity contribution in [2.24, 2.45) is 11.7 Å². The Labute approximate surface area is 181 Å². The van der Waals surface area contributed by atoms with Crippen molar-refractivity contribution >= 4 is 0 Å². The fraction of sp³-hybridized carbons (Fsp3) is 0.320. The van der Waals surface area contributed by atoms with Crippen LogP contribution in [0.1, 0.15) is 34.6 Å². The summed E-state index contributed by atoms with van der Waals surface area (Å²) in [7, 11) is 1.55. The quantitative estimate of drug-likeness (QED) is 0.590. The van der Waals surface area contributed by atoms with Crippen LogP contribution in [-0.4, -0.2) is 28.9 Å². The zero-order valence-corrected chi connectivity index (χ0v) is 17.4. The second kappa shape index (κ2) is 7.34. The van der Waals surface area contributed by atoms with Crippen molar-refractivity contribution in [3.8, 4) is 11.5 Å². The van der Waals surface area contributed by atoms with Gasteiger partial charge in [-0.15, -0.1) is 0 Å². The summed E-state index contributed by atoms with van der Waals surface area (Å²) in [4.78, 5) is 4.25. The van der Waals surface area contributed by atoms with Crippen LogP contribution >= 0.6 is 0 Å². The van der Waals surface area contributed by atoms with Gasteiger partial charge in [-0.2, -0.15) is 0 Å². The van der Waals surface area contributed by atoms with E-state index in [0.29, 0.717) is 30.0 Å². The Kier molecular flexibility index (Phi) is 4.73. The molecule has 3 aromatic rings. The zero-order chi connectivity index (χ0) is 21.6. The maximum atomic E-state index is 12.5. The van der Waals surface area contributed by atoms with Crippen LogP contribution in [0.2, 0.25) is 0 Å². The molecule has 0 spiro atoms. The molecular weight excluding hydrogens is 392 g/mol. The molecule has 5 rings (SSSR count). The number of aliphatic hydroxyl groups is 2. The van der Waals surface area contributed by atoms with E-state index in [2.05, 4.69) is 4.98 Å². The number of benzene rings is 2. The van der Waals surface area contributed by atoms with E-state index in [1.807, 2.05) is 54.6 Å². The summed E-state index contributed by atoms with van der Waals surface area (Å²) in [6.45, 7) is 0.245. The van der Waals surface area contributed by atoms with Gasteiger partial charge >= 0.3 is 0 Å². The SMILES string of the molecule is COc1cncc2c1C1(O)[C@@H](CO)CC(c3ccccc3)C1(c1ccc(CN)cc1)O2. The number of methoxy groups -OCH3 is 1. The summed E-state index contributed by atoms with van der Waals surface area (Å²) in [5.41, 5.74) is 6.57. The molecule has 1 saturated carbocycles. The Hall–Kier alpha value is -2.93. The third-order valence-electron chi connectivity index (χ3n) is 6.96. The van der Waals surface area contributed by atoms with Crippen molar-refractivity contribution in [2.45, 2.75) is 30.1 Å². The van der Waals surface area contributed by atoms with Crippen molar-refractivity contribution in [1.29, 1.82) is 0 Å². The van der Waals surface area contributed by atoms with Gasteiger partial charge in [0.1, 0.15) is 17.1 Å². The molecule has 0 bridgehead atoms. The third kappa shape index (κ3) is 2.59. The first-order valence-electron chi connectivity index (χ1n) is 10.5. The van der Waals surface area contributed by atoms with E-state index < -0.39 is 17.1 Å². The molecule has 4 N–H and O–H groups in total. The van der Waals surface area contributed by atoms with Crippen molar-refractivity contribution in [3.63, 3.8) is 0 Å². The molecule has 1 fully saturated rings. The van der Waals surface area contributed by atoms with E-state index in [9.17, 15) is 10.2 Å². The molecule has 6 heteroatoms. The van der Waals surface area contributed by atoms with Gasteiger partial charge < -0.3 is 25.4 Å². The number of pyridine rings is 1. The van der Waals surface area contributed by atoms with Crippen molar-refractivity contribution in [3.05, 3.63) is 89.2 Å². The summed E-state index contributed by atoms with van der Waals surface area (Å²) in [6.07, 6.45) is 3.75. The van der Waals surface area contributed by atoms with Gasteiger partial charge in [0, 0.05) is 25.0 Å². The molecule has 1 aliphatic heterocycles. The lowest BCUT2D eigenvalue weighted by Crippen LogP contribution is -2.51. The lowest BCUT2D eigenvalue weighted by Gasteiger charge is -2.41. The molecule has 31 heavy (non-hydrogen) atoms. The maximum absolute atomic E-state index is 12.5. The van der Waals surface area contributed by atoms with E-state index in [4.69, 9.17) is 15.2 Å². The normalized spacial score (nSPS) is 28.6. The number of nitrogens with zero attached hydrogens (tertiary/aromatic N) is 1. The van der Waals surface area contributed by atoms with Crippen LogP contribution in [0.4, 0.5) is 0 Å². The largest absolute Gasteiger partial charge is 0.495 e. The predicted molar refractivity (Wildman–Crippen MR) is 116 cm³/mol. The molecule has 1 aliphatic carbocycles. The Morgan fingerprint density at radius 3 is 2.52 bits per heavy atom. The van der Waals surface area contributed by atoms with Crippen LogP contribution < -0.4 is 15.2 Å². The van der Waals surface area contributed by atoms with Crippen LogP contribution in [-0.2, 0) is 17.7 Å². The highest BCUT2D eigenvalue weighted by Crippen LogP contribution is 2.69. The molecule has 4 atom stereocenters. The van der Waals surface area contributed by atoms with E-state index in [0.717, 1.165) is 16.7 Å². The van der Waals surface area contributed by atoms with E-state index in [1.165, 1.54) is 0 Å². The Morgan fingerprint density at radius 1 is 1.13 bits per heavy atom. The molecule has 2 aliphatic rings. The number of fused-ring (bicyclic) bond motifs is 3. The molecule has 0 radical (unpaired) electrons. The van der Waals surface area contributed by atoms with Crippen LogP contribution in [0.5, 0.6) is 11.5 Å². The maximum Gasteiger partial charge on any atom is 0.174 e. The predicted octanol–water partition coefficient (Wildman–Crippen LogP) is 2.82. The average molecular weight is 418 g/mol. The van der Waals surface area contributed by atoms with Gasteiger partial charge in [-0.1, -0.05) is 54.6 Å². The van der Waals surface area contributed by atoms with Crippen LogP contribution in [0.25, 0.3) is 0 Å². The summed E-state index contributed by atoms with van der Waals surface area (Å²) in [6, 6.07) is 17.9. The lowest BCUT2D eigenvalue weighted by molar-refractivity contribution is -0.135. The zero-order valence-electron chi connectivity index (χ0n) is 17.4. The van der Waals surface area contributed by atoms with Crippen LogP contribution in [0.15, 0.2) is 67.0 Å². The van der Waals surface area contributed by atoms with Crippen molar-refractivity contribution in [2.75, 3.05) is 13.7 Å². The first-order valence-corrected chi connectivity index (χ1v) is 10.5. The minimum absolute atomic E-state index is 0.184. The second-order valence-corrected chi connectivity index (χ2v) is 8.30. The first kappa shape index (κ1) is 20.0. The molecular formula is C25H26N2O4. The van der Waals surface area contributed by atoms with Gasteiger partial charge in [0.2, 0.25) is 0 Å². The van der Waals surface area contributed by atoms with Gasteiger partial charge in [0.15, 0.2) is 5.60 Å². The number of nitrogens with two attached hydrogens (primary N) is 1. The molecule has 160 valence electrons. The number of aromatic nitrogens is 1. The average Bonchev–Trinajstić information content (AvgIpc) is 3.24. The fourth-order valence-corrected chi connectivity index (χ4v) is 5.56. The fourth-order valence-electron chi connectivity index (χ4n) is 5.56. The number of aliphatic hydroxyl groups excluding tert-OH is 1. The topological polar surface area (TPSA) is 97.8 Å². The smallest absolute Gasteiger partial charge is 0.174 e. The molecule has 0 saturated heterocycles. The third-order valence-corrected chi connectivity index (χ3v) is 6.96. The Morgan fingerprint density at radius 2 is 1.87 bits per heavy atom. The molecule has 6 nitrogen and oxygen atoms in total. The van der Waals surface area contributed by atoms with Crippen LogP contribution in [0, 0.1) is 5.92 Å². The number of hydrogen-bond acceptors (Lipinski definition) is 6. The summed E-state index contributed by atoms with van der Waals surface area (Å²) >= 11 is 0. The minimum atomic E-state index is -1.50. The van der Waals surface area contributed by atoms with Crippen molar-refractivity contribution in [1.82, 2.24) is 4.98 Å². The van der Waals surface area contributed by atoms with E-state index >= 15 is 0 Å². The highest BCUT2D eigenvalue weighted by molar-refractivity contribution is 5.58. The van der Waals surface area contributed by atoms with Gasteiger partial charge in [0.25, 0.3) is 0 Å². The summed E-state index contributed by atoms with van der Waals surface area (Å²) in [5.74, 6) is 0.276. The van der Waals surface area contributed by atoms with E-state index in [-0.39, 0.29) is 12.5 Å². The standard InChI is InChI=1S/C25H26N2O4/c1-30-21-13-27-14-22-23(21)24(29)19(15-28)11-20(17-5-3-2-4-6-17)25(24,31-22)18-9-7-16(12-26)8-10-18/h2-10,13-14,19-20,28-29H,11-12,15,26H2,1H3/t19-,20?,24?,25?/m1/s1. The number of rotatable bonds is 5. The Balaban J connectivity index is 1.81.